The first-order valence-corrected chi connectivity index (χ1v) is 8.24. The molecule has 7 nitrogen and oxygen atoms in total. The maximum Gasteiger partial charge on any atom is 0.171 e. The van der Waals surface area contributed by atoms with E-state index in [0.29, 0.717) is 11.1 Å². The predicted molar refractivity (Wildman–Crippen MR) is 95.4 cm³/mol. The van der Waals surface area contributed by atoms with E-state index in [1.165, 1.54) is 24.6 Å². The summed E-state index contributed by atoms with van der Waals surface area (Å²) in [6, 6.07) is 0. The highest BCUT2D eigenvalue weighted by Crippen LogP contribution is 2.34. The summed E-state index contributed by atoms with van der Waals surface area (Å²) in [4.78, 5) is 15.7. The number of hydrogen-bond donors (Lipinski definition) is 4. The zero-order valence-corrected chi connectivity index (χ0v) is 14.5. The van der Waals surface area contributed by atoms with Crippen LogP contribution < -0.4 is 0 Å². The molecule has 3 aliphatic rings. The zero-order valence-electron chi connectivity index (χ0n) is 14.5. The summed E-state index contributed by atoms with van der Waals surface area (Å²) < 4.78 is 0. The molecule has 0 amide bonds. The highest BCUT2D eigenvalue weighted by molar-refractivity contribution is 5.91. The number of rotatable bonds is 2. The molecule has 0 radical (unpaired) electrons. The molecule has 0 bridgehead atoms. The molecule has 1 fully saturated rings. The number of aliphatic hydroxyl groups excluding tert-OH is 4. The van der Waals surface area contributed by atoms with E-state index in [9.17, 15) is 25.2 Å². The second-order valence-electron chi connectivity index (χ2n) is 6.68. The van der Waals surface area contributed by atoms with E-state index in [2.05, 4.69) is 0 Å². The van der Waals surface area contributed by atoms with Gasteiger partial charge in [0, 0.05) is 56.0 Å². The number of allylic oxidation sites excluding steroid dienone is 2. The Morgan fingerprint density at radius 1 is 0.923 bits per heavy atom. The van der Waals surface area contributed by atoms with Gasteiger partial charge in [-0.3, -0.25) is 4.79 Å². The lowest BCUT2D eigenvalue weighted by atomic mass is 9.95. The SMILES string of the molecule is CN1C=CC(=CC2C(=O)C(O)C(C=C3C=CN(C)C=C3O)C2O)C(O)=C1. The summed E-state index contributed by atoms with van der Waals surface area (Å²) in [6.07, 6.45) is 10.1. The maximum absolute atomic E-state index is 12.4. The molecular formula is C19H22N2O5. The molecule has 2 heterocycles. The average molecular weight is 358 g/mol. The van der Waals surface area contributed by atoms with E-state index in [1.807, 2.05) is 0 Å². The predicted octanol–water partition coefficient (Wildman–Crippen LogP) is 1.09. The summed E-state index contributed by atoms with van der Waals surface area (Å²) in [6.45, 7) is 0. The number of ketones is 1. The number of carbonyl (C=O) groups is 1. The molecule has 0 aromatic heterocycles. The fourth-order valence-electron chi connectivity index (χ4n) is 3.22. The lowest BCUT2D eigenvalue weighted by Crippen LogP contribution is -2.24. The number of hydrogen-bond acceptors (Lipinski definition) is 7. The first kappa shape index (κ1) is 18.0. The zero-order chi connectivity index (χ0) is 19.0. The molecule has 138 valence electrons. The highest BCUT2D eigenvalue weighted by Gasteiger charge is 2.47. The minimum Gasteiger partial charge on any atom is -0.506 e. The van der Waals surface area contributed by atoms with Gasteiger partial charge in [0.15, 0.2) is 5.78 Å². The number of nitrogens with zero attached hydrogens (tertiary/aromatic N) is 2. The van der Waals surface area contributed by atoms with E-state index >= 15 is 0 Å². The van der Waals surface area contributed by atoms with Crippen LogP contribution in [0.3, 0.4) is 0 Å². The van der Waals surface area contributed by atoms with Crippen molar-refractivity contribution in [2.45, 2.75) is 12.2 Å². The largest absolute Gasteiger partial charge is 0.506 e. The Hall–Kier alpha value is -2.77. The summed E-state index contributed by atoms with van der Waals surface area (Å²) in [5.41, 5.74) is 0.831. The second-order valence-corrected chi connectivity index (χ2v) is 6.68. The molecule has 3 rings (SSSR count). The van der Waals surface area contributed by atoms with Gasteiger partial charge in [-0.15, -0.1) is 0 Å². The molecule has 26 heavy (non-hydrogen) atoms. The van der Waals surface area contributed by atoms with E-state index in [1.54, 1.807) is 48.4 Å². The second kappa shape index (κ2) is 6.86. The Morgan fingerprint density at radius 3 is 1.92 bits per heavy atom. The van der Waals surface area contributed by atoms with E-state index in [4.69, 9.17) is 0 Å². The summed E-state index contributed by atoms with van der Waals surface area (Å²) in [5.74, 6) is -2.36. The van der Waals surface area contributed by atoms with Gasteiger partial charge in [-0.2, -0.15) is 0 Å². The molecule has 7 heteroatoms. The summed E-state index contributed by atoms with van der Waals surface area (Å²) in [5, 5.41) is 40.9. The van der Waals surface area contributed by atoms with Gasteiger partial charge in [0.25, 0.3) is 0 Å². The van der Waals surface area contributed by atoms with Gasteiger partial charge in [-0.25, -0.2) is 0 Å². The van der Waals surface area contributed by atoms with E-state index in [-0.39, 0.29) is 11.5 Å². The van der Waals surface area contributed by atoms with Gasteiger partial charge in [-0.05, 0) is 12.2 Å². The summed E-state index contributed by atoms with van der Waals surface area (Å²) >= 11 is 0. The van der Waals surface area contributed by atoms with Crippen LogP contribution in [0.5, 0.6) is 0 Å². The quantitative estimate of drug-likeness (QED) is 0.586. The van der Waals surface area contributed by atoms with Crippen LogP contribution in [0.1, 0.15) is 0 Å². The Balaban J connectivity index is 1.87. The molecule has 1 aliphatic carbocycles. The van der Waals surface area contributed by atoms with Gasteiger partial charge in [0.2, 0.25) is 0 Å². The van der Waals surface area contributed by atoms with Crippen molar-refractivity contribution < 1.29 is 25.2 Å². The smallest absolute Gasteiger partial charge is 0.171 e. The molecule has 2 aliphatic heterocycles. The molecule has 0 aromatic carbocycles. The van der Waals surface area contributed by atoms with Crippen LogP contribution in [0.25, 0.3) is 0 Å². The fourth-order valence-corrected chi connectivity index (χ4v) is 3.22. The molecule has 0 spiro atoms. The third-order valence-electron chi connectivity index (χ3n) is 4.70. The van der Waals surface area contributed by atoms with Gasteiger partial charge >= 0.3 is 0 Å². The van der Waals surface area contributed by atoms with Gasteiger partial charge in [-0.1, -0.05) is 12.2 Å². The average Bonchev–Trinajstić information content (AvgIpc) is 2.77. The Morgan fingerprint density at radius 2 is 1.42 bits per heavy atom. The number of aliphatic hydroxyl groups is 4. The molecule has 0 saturated heterocycles. The normalized spacial score (nSPS) is 34.7. The van der Waals surface area contributed by atoms with Crippen molar-refractivity contribution in [2.24, 2.45) is 11.8 Å². The lowest BCUT2D eigenvalue weighted by Gasteiger charge is -2.19. The van der Waals surface area contributed by atoms with Crippen LogP contribution in [-0.4, -0.2) is 62.3 Å². The van der Waals surface area contributed by atoms with Crippen molar-refractivity contribution in [3.63, 3.8) is 0 Å². The highest BCUT2D eigenvalue weighted by atomic mass is 16.3. The van der Waals surface area contributed by atoms with Crippen LogP contribution in [-0.2, 0) is 4.79 Å². The molecule has 4 N–H and O–H groups in total. The molecule has 0 aromatic rings. The van der Waals surface area contributed by atoms with Crippen molar-refractivity contribution >= 4 is 5.78 Å². The van der Waals surface area contributed by atoms with Gasteiger partial charge < -0.3 is 30.2 Å². The molecule has 4 unspecified atom stereocenters. The third kappa shape index (κ3) is 3.31. The standard InChI is InChI=1S/C19H22N2O5/c1-20-5-3-11(15(22)9-20)7-13-17(24)14(19(26)18(13)25)8-12-4-6-21(2)10-16(12)23/h3-10,13-14,17-18,22-25H,1-2H3. The molecule has 1 saturated carbocycles. The van der Waals surface area contributed by atoms with Crippen molar-refractivity contribution in [3.05, 3.63) is 71.8 Å². The first-order chi connectivity index (χ1) is 12.3. The van der Waals surface area contributed by atoms with Crippen LogP contribution in [0.15, 0.2) is 71.8 Å². The van der Waals surface area contributed by atoms with E-state index in [0.717, 1.165) is 0 Å². The van der Waals surface area contributed by atoms with Crippen LogP contribution in [0, 0.1) is 11.8 Å². The first-order valence-electron chi connectivity index (χ1n) is 8.24. The van der Waals surface area contributed by atoms with Crippen LogP contribution in [0.4, 0.5) is 0 Å². The van der Waals surface area contributed by atoms with Gasteiger partial charge in [0.1, 0.15) is 17.6 Å². The van der Waals surface area contributed by atoms with Crippen molar-refractivity contribution in [1.82, 2.24) is 9.80 Å². The Labute approximate surface area is 151 Å². The van der Waals surface area contributed by atoms with Crippen molar-refractivity contribution in [3.8, 4) is 0 Å². The topological polar surface area (TPSA) is 104 Å². The minimum absolute atomic E-state index is 0.0116. The number of Topliss-reactive ketones (excluding diaryl/α,β-unsaturated/α-hetero) is 1. The lowest BCUT2D eigenvalue weighted by molar-refractivity contribution is -0.127. The monoisotopic (exact) mass is 358 g/mol. The van der Waals surface area contributed by atoms with Gasteiger partial charge in [0.05, 0.1) is 12.0 Å². The van der Waals surface area contributed by atoms with Crippen LogP contribution >= 0.6 is 0 Å². The van der Waals surface area contributed by atoms with Crippen LogP contribution in [0.2, 0.25) is 0 Å². The maximum atomic E-state index is 12.4. The molecule has 4 atom stereocenters. The third-order valence-corrected chi connectivity index (χ3v) is 4.70. The summed E-state index contributed by atoms with van der Waals surface area (Å²) in [7, 11) is 3.50. The fraction of sp³-hybridized carbons (Fsp3) is 0.316. The Bertz CT molecular complexity index is 790. The van der Waals surface area contributed by atoms with Crippen molar-refractivity contribution in [2.75, 3.05) is 14.1 Å². The molecular weight excluding hydrogens is 336 g/mol. The van der Waals surface area contributed by atoms with E-state index < -0.39 is 29.8 Å². The number of carbonyl (C=O) groups excluding carboxylic acids is 1. The minimum atomic E-state index is -1.39. The van der Waals surface area contributed by atoms with Crippen molar-refractivity contribution in [1.29, 1.82) is 0 Å². The Kier molecular flexibility index (Phi) is 4.76.